The molecule has 3 N–H and O–H groups in total. The lowest BCUT2D eigenvalue weighted by Gasteiger charge is -2.23. The van der Waals surface area contributed by atoms with Crippen molar-refractivity contribution in [3.63, 3.8) is 0 Å². The molecule has 23 heavy (non-hydrogen) atoms. The zero-order chi connectivity index (χ0) is 16.6. The third kappa shape index (κ3) is 2.85. The van der Waals surface area contributed by atoms with Gasteiger partial charge in [-0.1, -0.05) is 23.9 Å². The maximum absolute atomic E-state index is 13.1. The summed E-state index contributed by atoms with van der Waals surface area (Å²) in [7, 11) is 0. The van der Waals surface area contributed by atoms with Gasteiger partial charge >= 0.3 is 5.97 Å². The molecule has 3 rings (SSSR count). The normalized spacial score (nSPS) is 16.3. The predicted molar refractivity (Wildman–Crippen MR) is 84.2 cm³/mol. The van der Waals surface area contributed by atoms with E-state index in [1.54, 1.807) is 6.26 Å². The first-order valence-electron chi connectivity index (χ1n) is 6.65. The van der Waals surface area contributed by atoms with Crippen molar-refractivity contribution < 1.29 is 14.3 Å². The van der Waals surface area contributed by atoms with E-state index in [0.717, 1.165) is 0 Å². The van der Waals surface area contributed by atoms with E-state index in [9.17, 15) is 19.1 Å². The van der Waals surface area contributed by atoms with Gasteiger partial charge in [0.25, 0.3) is 5.56 Å². The third-order valence-corrected chi connectivity index (χ3v) is 4.06. The Labute approximate surface area is 134 Å². The van der Waals surface area contributed by atoms with Gasteiger partial charge < -0.3 is 15.4 Å². The number of carbonyl (C=O) groups is 1. The number of aliphatic carboxylic acids is 1. The van der Waals surface area contributed by atoms with E-state index < -0.39 is 17.7 Å². The van der Waals surface area contributed by atoms with Crippen LogP contribution in [0.1, 0.15) is 17.0 Å². The van der Waals surface area contributed by atoms with Crippen molar-refractivity contribution >= 4 is 23.5 Å². The van der Waals surface area contributed by atoms with Gasteiger partial charge in [-0.05, 0) is 30.0 Å². The first kappa shape index (κ1) is 15.3. The summed E-state index contributed by atoms with van der Waals surface area (Å²) in [4.78, 5) is 30.6. The monoisotopic (exact) mass is 333 g/mol. The largest absolute Gasteiger partial charge is 0.477 e. The van der Waals surface area contributed by atoms with E-state index in [1.165, 1.54) is 42.1 Å². The Kier molecular flexibility index (Phi) is 3.91. The molecule has 0 amide bonds. The van der Waals surface area contributed by atoms with E-state index in [0.29, 0.717) is 16.3 Å². The van der Waals surface area contributed by atoms with Crippen LogP contribution in [0.5, 0.6) is 0 Å². The average Bonchev–Trinajstić information content (AvgIpc) is 2.54. The summed E-state index contributed by atoms with van der Waals surface area (Å²) >= 11 is 1.24. The summed E-state index contributed by atoms with van der Waals surface area (Å²) in [5.41, 5.74) is 0.482. The Bertz CT molecular complexity index is 861. The van der Waals surface area contributed by atoms with Crippen LogP contribution in [0.25, 0.3) is 0 Å². The fourth-order valence-corrected chi connectivity index (χ4v) is 2.80. The molecule has 0 saturated carbocycles. The summed E-state index contributed by atoms with van der Waals surface area (Å²) in [6, 6.07) is 5.58. The van der Waals surface area contributed by atoms with Gasteiger partial charge in [0.2, 0.25) is 0 Å². The number of nitrogens with zero attached hydrogens (tertiary/aromatic N) is 1. The summed E-state index contributed by atoms with van der Waals surface area (Å²) in [5.74, 6) is -1.98. The Morgan fingerprint density at radius 1 is 1.35 bits per heavy atom. The zero-order valence-electron chi connectivity index (χ0n) is 12.0. The first-order chi connectivity index (χ1) is 11.0. The summed E-state index contributed by atoms with van der Waals surface area (Å²) in [6.45, 7) is 0. The number of carboxylic acids is 1. The van der Waals surface area contributed by atoms with Crippen LogP contribution in [0.2, 0.25) is 0 Å². The maximum Gasteiger partial charge on any atom is 0.352 e. The van der Waals surface area contributed by atoms with Crippen LogP contribution < -0.4 is 10.9 Å². The van der Waals surface area contributed by atoms with E-state index in [4.69, 9.17) is 0 Å². The predicted octanol–water partition coefficient (Wildman–Crippen LogP) is 2.16. The number of nitrogens with one attached hydrogen (secondary N) is 2. The van der Waals surface area contributed by atoms with Crippen LogP contribution in [0, 0.1) is 5.82 Å². The highest BCUT2D eigenvalue weighted by molar-refractivity contribution is 7.98. The quantitative estimate of drug-likeness (QED) is 0.588. The molecule has 0 aliphatic carbocycles. The van der Waals surface area contributed by atoms with Gasteiger partial charge in [0.15, 0.2) is 5.16 Å². The number of rotatable bonds is 3. The first-order valence-corrected chi connectivity index (χ1v) is 7.88. The molecular formula is C15H12FN3O3S. The van der Waals surface area contributed by atoms with Crippen LogP contribution >= 0.6 is 11.8 Å². The fraction of sp³-hybridized carbons (Fsp3) is 0.133. The van der Waals surface area contributed by atoms with Gasteiger partial charge in [0, 0.05) is 5.92 Å². The number of halogens is 1. The van der Waals surface area contributed by atoms with Gasteiger partial charge in [0.05, 0.1) is 5.56 Å². The van der Waals surface area contributed by atoms with Gasteiger partial charge in [-0.2, -0.15) is 0 Å². The molecule has 0 spiro atoms. The Balaban J connectivity index is 2.20. The summed E-state index contributed by atoms with van der Waals surface area (Å²) < 4.78 is 13.1. The van der Waals surface area contributed by atoms with E-state index in [-0.39, 0.29) is 17.1 Å². The molecule has 2 aromatic rings. The highest BCUT2D eigenvalue weighted by Gasteiger charge is 2.28. The Hall–Kier alpha value is -2.61. The smallest absolute Gasteiger partial charge is 0.352 e. The molecule has 0 bridgehead atoms. The number of hydrogen-bond acceptors (Lipinski definition) is 5. The van der Waals surface area contributed by atoms with Crippen LogP contribution in [-0.2, 0) is 4.79 Å². The molecule has 0 fully saturated rings. The van der Waals surface area contributed by atoms with Crippen LogP contribution in [0.4, 0.5) is 10.2 Å². The molecule has 1 unspecified atom stereocenters. The van der Waals surface area contributed by atoms with E-state index >= 15 is 0 Å². The number of benzene rings is 1. The average molecular weight is 333 g/mol. The second-order valence-corrected chi connectivity index (χ2v) is 5.67. The molecule has 1 aliphatic heterocycles. The van der Waals surface area contributed by atoms with Crippen molar-refractivity contribution in [2.75, 3.05) is 11.6 Å². The number of hydrogen-bond donors (Lipinski definition) is 3. The van der Waals surface area contributed by atoms with Gasteiger partial charge in [0.1, 0.15) is 17.3 Å². The SMILES string of the molecule is CSc1nc2c(c(=O)[nH]1)C(c1ccc(F)cc1)C=C(C(=O)O)N2. The van der Waals surface area contributed by atoms with Crippen LogP contribution in [0.15, 0.2) is 46.0 Å². The minimum atomic E-state index is -1.16. The van der Waals surface area contributed by atoms with Crippen LogP contribution in [0.3, 0.4) is 0 Å². The standard InChI is InChI=1S/C15H12FN3O3S/c1-23-15-18-12-11(13(20)19-15)9(6-10(17-12)14(21)22)7-2-4-8(16)5-3-7/h2-6,9H,1H3,(H,21,22)(H2,17,18,19,20). The second-order valence-electron chi connectivity index (χ2n) is 4.88. The number of aromatic amines is 1. The van der Waals surface area contributed by atoms with Crippen molar-refractivity contribution in [1.29, 1.82) is 0 Å². The third-order valence-electron chi connectivity index (χ3n) is 3.48. The molecule has 0 radical (unpaired) electrons. The van der Waals surface area contributed by atoms with E-state index in [2.05, 4.69) is 15.3 Å². The molecule has 1 aromatic carbocycles. The highest BCUT2D eigenvalue weighted by Crippen LogP contribution is 2.34. The lowest BCUT2D eigenvalue weighted by molar-refractivity contribution is -0.132. The van der Waals surface area contributed by atoms with Crippen LogP contribution in [-0.4, -0.2) is 27.3 Å². The molecule has 118 valence electrons. The Morgan fingerprint density at radius 3 is 2.65 bits per heavy atom. The van der Waals surface area contributed by atoms with Crippen molar-refractivity contribution in [2.45, 2.75) is 11.1 Å². The number of carboxylic acid groups (broad SMARTS) is 1. The minimum Gasteiger partial charge on any atom is -0.477 e. The number of allylic oxidation sites excluding steroid dienone is 1. The van der Waals surface area contributed by atoms with Crippen molar-refractivity contribution in [2.24, 2.45) is 0 Å². The number of aromatic nitrogens is 2. The molecule has 6 nitrogen and oxygen atoms in total. The highest BCUT2D eigenvalue weighted by atomic mass is 32.2. The molecule has 1 aromatic heterocycles. The van der Waals surface area contributed by atoms with Gasteiger partial charge in [-0.3, -0.25) is 4.79 Å². The molecular weight excluding hydrogens is 321 g/mol. The van der Waals surface area contributed by atoms with Crippen molar-refractivity contribution in [3.05, 3.63) is 63.3 Å². The molecule has 2 heterocycles. The van der Waals surface area contributed by atoms with Crippen molar-refractivity contribution in [1.82, 2.24) is 9.97 Å². The van der Waals surface area contributed by atoms with Gasteiger partial charge in [-0.25, -0.2) is 14.2 Å². The summed E-state index contributed by atoms with van der Waals surface area (Å²) in [6.07, 6.45) is 3.17. The van der Waals surface area contributed by atoms with E-state index in [1.807, 2.05) is 0 Å². The maximum atomic E-state index is 13.1. The fourth-order valence-electron chi connectivity index (χ4n) is 2.42. The minimum absolute atomic E-state index is 0.0722. The molecule has 1 aliphatic rings. The Morgan fingerprint density at radius 2 is 2.04 bits per heavy atom. The number of thioether (sulfide) groups is 1. The number of anilines is 1. The number of H-pyrrole nitrogens is 1. The number of fused-ring (bicyclic) bond motifs is 1. The van der Waals surface area contributed by atoms with Gasteiger partial charge in [-0.15, -0.1) is 0 Å². The second kappa shape index (κ2) is 5.88. The molecule has 1 atom stereocenters. The summed E-state index contributed by atoms with van der Waals surface area (Å²) in [5, 5.41) is 12.3. The molecule has 8 heteroatoms. The van der Waals surface area contributed by atoms with Crippen molar-refractivity contribution in [3.8, 4) is 0 Å². The lowest BCUT2D eigenvalue weighted by Crippen LogP contribution is -2.27. The zero-order valence-corrected chi connectivity index (χ0v) is 12.8. The topological polar surface area (TPSA) is 95.1 Å². The lowest BCUT2D eigenvalue weighted by atomic mass is 9.89. The molecule has 0 saturated heterocycles.